The summed E-state index contributed by atoms with van der Waals surface area (Å²) >= 11 is 0. The number of hydrogen-bond acceptors (Lipinski definition) is 4. The van der Waals surface area contributed by atoms with Crippen LogP contribution in [0, 0.1) is 0 Å². The summed E-state index contributed by atoms with van der Waals surface area (Å²) < 4.78 is 10.8. The first-order valence-electron chi connectivity index (χ1n) is 5.01. The molecular formula is C11H15NO3. The molecule has 1 aliphatic rings. The van der Waals surface area contributed by atoms with Crippen molar-refractivity contribution in [2.75, 3.05) is 13.2 Å². The topological polar surface area (TPSA) is 64.7 Å². The summed E-state index contributed by atoms with van der Waals surface area (Å²) in [6, 6.07) is 5.11. The summed E-state index contributed by atoms with van der Waals surface area (Å²) in [6.45, 7) is 2.80. The number of benzene rings is 1. The Morgan fingerprint density at radius 3 is 2.60 bits per heavy atom. The molecule has 2 unspecified atom stereocenters. The molecule has 0 aromatic heterocycles. The summed E-state index contributed by atoms with van der Waals surface area (Å²) in [7, 11) is 0. The van der Waals surface area contributed by atoms with Crippen molar-refractivity contribution in [3.8, 4) is 11.5 Å². The molecule has 1 aromatic rings. The lowest BCUT2D eigenvalue weighted by Gasteiger charge is -2.21. The second-order valence-corrected chi connectivity index (χ2v) is 3.67. The lowest BCUT2D eigenvalue weighted by molar-refractivity contribution is 0.161. The molecule has 0 radical (unpaired) electrons. The van der Waals surface area contributed by atoms with Crippen molar-refractivity contribution in [1.82, 2.24) is 0 Å². The van der Waals surface area contributed by atoms with Crippen LogP contribution in [-0.4, -0.2) is 24.4 Å². The monoisotopic (exact) mass is 209 g/mol. The Bertz CT molecular complexity index is 352. The maximum Gasteiger partial charge on any atom is 0.161 e. The molecule has 0 fully saturated rings. The summed E-state index contributed by atoms with van der Waals surface area (Å²) in [4.78, 5) is 0. The van der Waals surface area contributed by atoms with E-state index >= 15 is 0 Å². The third-order valence-electron chi connectivity index (χ3n) is 2.47. The summed E-state index contributed by atoms with van der Waals surface area (Å²) in [6.07, 6.45) is -0.576. The summed E-state index contributed by atoms with van der Waals surface area (Å²) in [5.41, 5.74) is 6.68. The van der Waals surface area contributed by atoms with Gasteiger partial charge in [0.25, 0.3) is 0 Å². The smallest absolute Gasteiger partial charge is 0.161 e. The Morgan fingerprint density at radius 1 is 1.27 bits per heavy atom. The van der Waals surface area contributed by atoms with Gasteiger partial charge in [0, 0.05) is 0 Å². The van der Waals surface area contributed by atoms with Gasteiger partial charge in [-0.3, -0.25) is 0 Å². The summed E-state index contributed by atoms with van der Waals surface area (Å²) in [5, 5.41) is 9.38. The van der Waals surface area contributed by atoms with Crippen LogP contribution in [0.15, 0.2) is 18.2 Å². The number of aliphatic hydroxyl groups is 1. The van der Waals surface area contributed by atoms with Crippen LogP contribution in [0.25, 0.3) is 0 Å². The Morgan fingerprint density at radius 2 is 1.93 bits per heavy atom. The third-order valence-corrected chi connectivity index (χ3v) is 2.47. The second-order valence-electron chi connectivity index (χ2n) is 3.67. The predicted octanol–water partition coefficient (Wildman–Crippen LogP) is 0.838. The Hall–Kier alpha value is -1.26. The van der Waals surface area contributed by atoms with E-state index in [1.807, 2.05) is 18.2 Å². The zero-order valence-corrected chi connectivity index (χ0v) is 8.64. The van der Waals surface area contributed by atoms with E-state index in [0.29, 0.717) is 19.0 Å². The van der Waals surface area contributed by atoms with Crippen molar-refractivity contribution in [1.29, 1.82) is 0 Å². The quantitative estimate of drug-likeness (QED) is 0.757. The molecule has 0 saturated heterocycles. The van der Waals surface area contributed by atoms with E-state index in [1.54, 1.807) is 6.92 Å². The van der Waals surface area contributed by atoms with Gasteiger partial charge >= 0.3 is 0 Å². The number of aliphatic hydroxyl groups excluding tert-OH is 1. The molecule has 4 heteroatoms. The highest BCUT2D eigenvalue weighted by Crippen LogP contribution is 2.32. The van der Waals surface area contributed by atoms with Gasteiger partial charge in [0.15, 0.2) is 11.5 Å². The van der Waals surface area contributed by atoms with Gasteiger partial charge in [-0.25, -0.2) is 0 Å². The van der Waals surface area contributed by atoms with Crippen molar-refractivity contribution in [3.63, 3.8) is 0 Å². The van der Waals surface area contributed by atoms with Gasteiger partial charge in [0.2, 0.25) is 0 Å². The molecule has 1 heterocycles. The van der Waals surface area contributed by atoms with Gasteiger partial charge < -0.3 is 20.3 Å². The average molecular weight is 209 g/mol. The van der Waals surface area contributed by atoms with E-state index < -0.39 is 6.10 Å². The largest absolute Gasteiger partial charge is 0.486 e. The molecule has 0 spiro atoms. The zero-order chi connectivity index (χ0) is 10.8. The van der Waals surface area contributed by atoms with E-state index in [9.17, 15) is 5.11 Å². The van der Waals surface area contributed by atoms with Crippen LogP contribution in [0.4, 0.5) is 0 Å². The molecule has 82 valence electrons. The summed E-state index contributed by atoms with van der Waals surface area (Å²) in [5.74, 6) is 1.44. The zero-order valence-electron chi connectivity index (χ0n) is 8.64. The van der Waals surface area contributed by atoms with E-state index in [2.05, 4.69) is 0 Å². The molecule has 4 nitrogen and oxygen atoms in total. The first-order chi connectivity index (χ1) is 7.18. The van der Waals surface area contributed by atoms with Crippen LogP contribution in [0.2, 0.25) is 0 Å². The highest BCUT2D eigenvalue weighted by atomic mass is 16.6. The van der Waals surface area contributed by atoms with Gasteiger partial charge in [-0.05, 0) is 24.6 Å². The Kier molecular flexibility index (Phi) is 2.79. The van der Waals surface area contributed by atoms with Crippen LogP contribution < -0.4 is 15.2 Å². The molecule has 2 rings (SSSR count). The minimum atomic E-state index is -0.576. The standard InChI is InChI=1S/C11H15NO3/c1-7(13)11(12)8-2-3-9-10(6-8)15-5-4-14-9/h2-3,6-7,11,13H,4-5,12H2,1H3. The van der Waals surface area contributed by atoms with E-state index in [1.165, 1.54) is 0 Å². The first kappa shape index (κ1) is 10.3. The van der Waals surface area contributed by atoms with Gasteiger partial charge in [-0.2, -0.15) is 0 Å². The van der Waals surface area contributed by atoms with Gasteiger partial charge in [-0.1, -0.05) is 6.07 Å². The van der Waals surface area contributed by atoms with Crippen LogP contribution in [-0.2, 0) is 0 Å². The fourth-order valence-corrected chi connectivity index (χ4v) is 1.55. The van der Waals surface area contributed by atoms with Crippen LogP contribution >= 0.6 is 0 Å². The minimum Gasteiger partial charge on any atom is -0.486 e. The van der Waals surface area contributed by atoms with Crippen molar-refractivity contribution in [3.05, 3.63) is 23.8 Å². The van der Waals surface area contributed by atoms with Gasteiger partial charge in [0.1, 0.15) is 13.2 Å². The average Bonchev–Trinajstić information content (AvgIpc) is 2.27. The minimum absolute atomic E-state index is 0.388. The van der Waals surface area contributed by atoms with Gasteiger partial charge in [-0.15, -0.1) is 0 Å². The van der Waals surface area contributed by atoms with Crippen molar-refractivity contribution in [2.45, 2.75) is 19.1 Å². The van der Waals surface area contributed by atoms with Crippen LogP contribution in [0.1, 0.15) is 18.5 Å². The van der Waals surface area contributed by atoms with Crippen molar-refractivity contribution in [2.24, 2.45) is 5.73 Å². The molecule has 0 aliphatic carbocycles. The first-order valence-corrected chi connectivity index (χ1v) is 5.01. The SMILES string of the molecule is CC(O)C(N)c1ccc2c(c1)OCCO2. The van der Waals surface area contributed by atoms with E-state index in [-0.39, 0.29) is 6.04 Å². The fraction of sp³-hybridized carbons (Fsp3) is 0.455. The number of fused-ring (bicyclic) bond motifs is 1. The molecular weight excluding hydrogens is 194 g/mol. The molecule has 0 bridgehead atoms. The predicted molar refractivity (Wildman–Crippen MR) is 56.0 cm³/mol. The normalized spacial score (nSPS) is 18.3. The van der Waals surface area contributed by atoms with Crippen molar-refractivity contribution < 1.29 is 14.6 Å². The number of rotatable bonds is 2. The molecule has 1 aromatic carbocycles. The van der Waals surface area contributed by atoms with Crippen molar-refractivity contribution >= 4 is 0 Å². The second kappa shape index (κ2) is 4.08. The van der Waals surface area contributed by atoms with Crippen LogP contribution in [0.5, 0.6) is 11.5 Å². The molecule has 1 aliphatic heterocycles. The lowest BCUT2D eigenvalue weighted by Crippen LogP contribution is -2.23. The maximum absolute atomic E-state index is 9.38. The molecule has 2 atom stereocenters. The molecule has 0 amide bonds. The van der Waals surface area contributed by atoms with Gasteiger partial charge in [0.05, 0.1) is 12.1 Å². The van der Waals surface area contributed by atoms with E-state index in [4.69, 9.17) is 15.2 Å². The molecule has 3 N–H and O–H groups in total. The Labute approximate surface area is 88.6 Å². The fourth-order valence-electron chi connectivity index (χ4n) is 1.55. The lowest BCUT2D eigenvalue weighted by atomic mass is 10.0. The molecule has 0 saturated carbocycles. The Balaban J connectivity index is 2.27. The highest BCUT2D eigenvalue weighted by Gasteiger charge is 2.17. The number of nitrogens with two attached hydrogens (primary N) is 1. The number of ether oxygens (including phenoxy) is 2. The number of hydrogen-bond donors (Lipinski definition) is 2. The maximum atomic E-state index is 9.38. The van der Waals surface area contributed by atoms with Crippen LogP contribution in [0.3, 0.4) is 0 Å². The molecule has 15 heavy (non-hydrogen) atoms. The highest BCUT2D eigenvalue weighted by molar-refractivity contribution is 5.44. The third kappa shape index (κ3) is 2.06. The van der Waals surface area contributed by atoms with E-state index in [0.717, 1.165) is 11.3 Å².